The number of rotatable bonds is 4. The van der Waals surface area contributed by atoms with Gasteiger partial charge in [-0.05, 0) is 74.5 Å². The fourth-order valence-electron chi connectivity index (χ4n) is 5.41. The molecule has 0 aromatic carbocycles. The van der Waals surface area contributed by atoms with Crippen molar-refractivity contribution in [1.82, 2.24) is 5.32 Å². The van der Waals surface area contributed by atoms with E-state index in [0.29, 0.717) is 25.3 Å². The maximum absolute atomic E-state index is 12.1. The van der Waals surface area contributed by atoms with Gasteiger partial charge in [0.2, 0.25) is 5.91 Å². The second-order valence-electron chi connectivity index (χ2n) is 7.69. The topological polar surface area (TPSA) is 66.4 Å². The molecule has 5 aliphatic carbocycles. The minimum atomic E-state index is -1.08. The van der Waals surface area contributed by atoms with E-state index in [0.717, 1.165) is 23.7 Å². The van der Waals surface area contributed by atoms with Crippen LogP contribution in [0.4, 0.5) is 0 Å². The lowest BCUT2D eigenvalue weighted by Gasteiger charge is -2.54. The number of aliphatic carboxylic acids is 1. The van der Waals surface area contributed by atoms with E-state index in [1.54, 1.807) is 0 Å². The molecule has 0 aromatic heterocycles. The van der Waals surface area contributed by atoms with Crippen molar-refractivity contribution in [2.24, 2.45) is 35.0 Å². The third-order valence-electron chi connectivity index (χ3n) is 6.51. The summed E-state index contributed by atoms with van der Waals surface area (Å²) in [5, 5.41) is 12.1. The first-order valence-corrected chi connectivity index (χ1v) is 8.10. The molecule has 5 rings (SSSR count). The molecule has 20 heavy (non-hydrogen) atoms. The van der Waals surface area contributed by atoms with Gasteiger partial charge in [-0.3, -0.25) is 9.59 Å². The molecule has 0 aromatic rings. The Kier molecular flexibility index (Phi) is 2.67. The predicted molar refractivity (Wildman–Crippen MR) is 72.8 cm³/mol. The highest BCUT2D eigenvalue weighted by atomic mass is 16.4. The maximum Gasteiger partial charge on any atom is 0.319 e. The van der Waals surface area contributed by atoms with E-state index in [4.69, 9.17) is 5.11 Å². The molecule has 0 saturated heterocycles. The molecule has 4 bridgehead atoms. The van der Waals surface area contributed by atoms with Gasteiger partial charge in [0.05, 0.1) is 0 Å². The summed E-state index contributed by atoms with van der Waals surface area (Å²) in [5.41, 5.74) is -1.08. The van der Waals surface area contributed by atoms with E-state index >= 15 is 0 Å². The Morgan fingerprint density at radius 3 is 2.00 bits per heavy atom. The van der Waals surface area contributed by atoms with Crippen molar-refractivity contribution in [2.45, 2.75) is 44.9 Å². The van der Waals surface area contributed by atoms with Gasteiger partial charge in [0.25, 0.3) is 0 Å². The molecule has 1 amide bonds. The Labute approximate surface area is 119 Å². The number of carbonyl (C=O) groups is 2. The van der Waals surface area contributed by atoms with Crippen LogP contribution < -0.4 is 5.32 Å². The van der Waals surface area contributed by atoms with Crippen molar-refractivity contribution in [2.75, 3.05) is 6.54 Å². The Balaban J connectivity index is 1.38. The van der Waals surface area contributed by atoms with Crippen molar-refractivity contribution in [3.63, 3.8) is 0 Å². The lowest BCUT2D eigenvalue weighted by molar-refractivity contribution is -0.149. The summed E-state index contributed by atoms with van der Waals surface area (Å²) in [6.45, 7) is 0.711. The number of amides is 1. The third-order valence-corrected chi connectivity index (χ3v) is 6.51. The third kappa shape index (κ3) is 1.80. The first-order valence-electron chi connectivity index (χ1n) is 8.10. The normalized spacial score (nSPS) is 43.3. The molecule has 4 nitrogen and oxygen atoms in total. The van der Waals surface area contributed by atoms with Gasteiger partial charge in [-0.2, -0.15) is 0 Å². The molecular weight excluding hydrogens is 254 g/mol. The smallest absolute Gasteiger partial charge is 0.319 e. The Morgan fingerprint density at radius 2 is 1.55 bits per heavy atom. The van der Waals surface area contributed by atoms with E-state index in [-0.39, 0.29) is 5.91 Å². The molecule has 0 radical (unpaired) electrons. The second-order valence-corrected chi connectivity index (χ2v) is 7.69. The summed E-state index contributed by atoms with van der Waals surface area (Å²) in [6, 6.07) is 0. The number of hydrogen-bond acceptors (Lipinski definition) is 2. The standard InChI is InChI=1S/C16H23NO3/c18-14(16(1-2-16)15(19)20)17-8-13-11-4-9-3-10(6-11)7-12(13)5-9/h9-13H,1-8H2,(H,17,18)(H,19,20). The van der Waals surface area contributed by atoms with E-state index in [1.807, 2.05) is 0 Å². The molecule has 0 unspecified atom stereocenters. The van der Waals surface area contributed by atoms with Crippen LogP contribution in [0.5, 0.6) is 0 Å². The molecule has 5 fully saturated rings. The van der Waals surface area contributed by atoms with Crippen LogP contribution in [0.1, 0.15) is 44.9 Å². The molecule has 0 spiro atoms. The highest BCUT2D eigenvalue weighted by Gasteiger charge is 2.57. The van der Waals surface area contributed by atoms with Gasteiger partial charge >= 0.3 is 5.97 Å². The van der Waals surface area contributed by atoms with Crippen LogP contribution in [0, 0.1) is 35.0 Å². The zero-order valence-electron chi connectivity index (χ0n) is 11.8. The summed E-state index contributed by atoms with van der Waals surface area (Å²) in [5.74, 6) is 2.88. The second kappa shape index (κ2) is 4.22. The number of nitrogens with one attached hydrogen (secondary N) is 1. The molecule has 5 saturated carbocycles. The monoisotopic (exact) mass is 277 g/mol. The Hall–Kier alpha value is -1.06. The molecule has 4 heteroatoms. The molecule has 0 heterocycles. The number of carbonyl (C=O) groups excluding carboxylic acids is 1. The fraction of sp³-hybridized carbons (Fsp3) is 0.875. The Morgan fingerprint density at radius 1 is 1.00 bits per heavy atom. The summed E-state index contributed by atoms with van der Waals surface area (Å²) in [4.78, 5) is 23.3. The van der Waals surface area contributed by atoms with Gasteiger partial charge in [0.15, 0.2) is 0 Å². The van der Waals surface area contributed by atoms with E-state index in [1.165, 1.54) is 32.1 Å². The van der Waals surface area contributed by atoms with Gasteiger partial charge in [-0.15, -0.1) is 0 Å². The zero-order valence-corrected chi connectivity index (χ0v) is 11.8. The first-order chi connectivity index (χ1) is 9.58. The van der Waals surface area contributed by atoms with Crippen LogP contribution >= 0.6 is 0 Å². The van der Waals surface area contributed by atoms with Crippen LogP contribution in [0.2, 0.25) is 0 Å². The molecule has 0 atom stereocenters. The lowest BCUT2D eigenvalue weighted by atomic mass is 9.52. The lowest BCUT2D eigenvalue weighted by Crippen LogP contribution is -2.50. The Bertz CT molecular complexity index is 427. The highest BCUT2D eigenvalue weighted by molar-refractivity contribution is 6.04. The zero-order chi connectivity index (χ0) is 13.9. The van der Waals surface area contributed by atoms with Crippen LogP contribution in [0.25, 0.3) is 0 Å². The summed E-state index contributed by atoms with van der Waals surface area (Å²) < 4.78 is 0. The van der Waals surface area contributed by atoms with Crippen LogP contribution in [0.15, 0.2) is 0 Å². The number of carboxylic acids is 1. The van der Waals surface area contributed by atoms with Crippen molar-refractivity contribution < 1.29 is 14.7 Å². The maximum atomic E-state index is 12.1. The van der Waals surface area contributed by atoms with Crippen molar-refractivity contribution in [3.8, 4) is 0 Å². The fourth-order valence-corrected chi connectivity index (χ4v) is 5.41. The first kappa shape index (κ1) is 12.7. The van der Waals surface area contributed by atoms with Crippen molar-refractivity contribution in [3.05, 3.63) is 0 Å². The van der Waals surface area contributed by atoms with E-state index in [9.17, 15) is 9.59 Å². The van der Waals surface area contributed by atoms with Crippen molar-refractivity contribution in [1.29, 1.82) is 0 Å². The molecule has 0 aliphatic heterocycles. The van der Waals surface area contributed by atoms with Gasteiger partial charge in [-0.25, -0.2) is 0 Å². The molecule has 110 valence electrons. The molecule has 5 aliphatic rings. The largest absolute Gasteiger partial charge is 0.480 e. The van der Waals surface area contributed by atoms with Crippen molar-refractivity contribution >= 4 is 11.9 Å². The van der Waals surface area contributed by atoms with Gasteiger partial charge < -0.3 is 10.4 Å². The van der Waals surface area contributed by atoms with Crippen LogP contribution in [-0.2, 0) is 9.59 Å². The van der Waals surface area contributed by atoms with E-state index in [2.05, 4.69) is 5.32 Å². The number of hydrogen-bond donors (Lipinski definition) is 2. The number of carboxylic acid groups (broad SMARTS) is 1. The predicted octanol–water partition coefficient (Wildman–Crippen LogP) is 2.04. The average Bonchev–Trinajstić information content (AvgIpc) is 3.18. The summed E-state index contributed by atoms with van der Waals surface area (Å²) >= 11 is 0. The molecular formula is C16H23NO3. The van der Waals surface area contributed by atoms with Gasteiger partial charge in [0.1, 0.15) is 5.41 Å². The highest BCUT2D eigenvalue weighted by Crippen LogP contribution is 2.56. The average molecular weight is 277 g/mol. The van der Waals surface area contributed by atoms with Gasteiger partial charge in [0, 0.05) is 6.54 Å². The summed E-state index contributed by atoms with van der Waals surface area (Å²) in [6.07, 6.45) is 7.84. The van der Waals surface area contributed by atoms with Crippen LogP contribution in [-0.4, -0.2) is 23.5 Å². The minimum Gasteiger partial charge on any atom is -0.480 e. The van der Waals surface area contributed by atoms with E-state index < -0.39 is 11.4 Å². The van der Waals surface area contributed by atoms with Gasteiger partial charge in [-0.1, -0.05) is 0 Å². The minimum absolute atomic E-state index is 0.237. The van der Waals surface area contributed by atoms with Crippen LogP contribution in [0.3, 0.4) is 0 Å². The SMILES string of the molecule is O=C(O)C1(C(=O)NCC2C3CC4CC(C3)CC2C4)CC1. The quantitative estimate of drug-likeness (QED) is 0.773. The summed E-state index contributed by atoms with van der Waals surface area (Å²) in [7, 11) is 0. The molecule has 2 N–H and O–H groups in total.